The normalized spacial score (nSPS) is 12.9. The average molecular weight is 889 g/mol. The zero-order chi connectivity index (χ0) is 41.2. The van der Waals surface area contributed by atoms with Gasteiger partial charge in [-0.1, -0.05) is 0 Å². The molecule has 2 N–H and O–H groups in total. The Morgan fingerprint density at radius 3 is 1.11 bits per heavy atom. The standard InChI is InChI=1S/C46H58N4O4Se2/c1-31(2)39(41(51)47-45(5,6)7)49(29-33-21-13-11-14-22-33)43(53)35-25-17-19-27-37(35)55-56-38-28-20-18-26-36(38)44(54)50(30-34-23-15-12-16-24-34)40(32(3)4)42(52)48-46(8,9)10/h11-28,31-32,39-40H,29-30H2,1-10H3,(H,47,51)(H,48,52). The third-order valence-electron chi connectivity index (χ3n) is 8.84. The zero-order valence-electron chi connectivity index (χ0n) is 34.5. The SMILES string of the molecule is CC(C)C(C(=O)NC(C)(C)C)N(Cc1ccccc1)C(=O)c1ccccc1[Se][Se]c1ccccc1C(=O)N(Cc1ccccc1)C(C(=O)NC(C)(C)C)C(C)C. The first-order valence-electron chi connectivity index (χ1n) is 19.2. The van der Waals surface area contributed by atoms with Gasteiger partial charge in [-0.25, -0.2) is 0 Å². The van der Waals surface area contributed by atoms with Gasteiger partial charge in [-0.15, -0.1) is 0 Å². The van der Waals surface area contributed by atoms with E-state index in [4.69, 9.17) is 0 Å². The van der Waals surface area contributed by atoms with Crippen molar-refractivity contribution in [3.8, 4) is 0 Å². The second-order valence-electron chi connectivity index (χ2n) is 16.9. The molecule has 8 nitrogen and oxygen atoms in total. The molecule has 0 aliphatic heterocycles. The molecule has 2 atom stereocenters. The Hall–Kier alpha value is -4.20. The molecule has 0 aliphatic rings. The molecule has 0 aliphatic carbocycles. The molecule has 0 fully saturated rings. The molecule has 4 aromatic carbocycles. The van der Waals surface area contributed by atoms with Gasteiger partial charge in [0.2, 0.25) is 0 Å². The van der Waals surface area contributed by atoms with E-state index in [0.29, 0.717) is 11.1 Å². The second-order valence-corrected chi connectivity index (χ2v) is 23.0. The minimum absolute atomic E-state index is 0.149. The number of amides is 4. The summed E-state index contributed by atoms with van der Waals surface area (Å²) in [5.41, 5.74) is 2.06. The Kier molecular flexibility index (Phi) is 15.7. The van der Waals surface area contributed by atoms with Crippen molar-refractivity contribution in [3.05, 3.63) is 131 Å². The molecule has 4 amide bonds. The number of hydrogen-bond acceptors (Lipinski definition) is 4. The quantitative estimate of drug-likeness (QED) is 0.141. The maximum absolute atomic E-state index is 14.8. The van der Waals surface area contributed by atoms with Crippen molar-refractivity contribution in [2.75, 3.05) is 0 Å². The Morgan fingerprint density at radius 1 is 0.500 bits per heavy atom. The van der Waals surface area contributed by atoms with Crippen LogP contribution >= 0.6 is 0 Å². The van der Waals surface area contributed by atoms with Gasteiger partial charge in [-0.3, -0.25) is 0 Å². The Morgan fingerprint density at radius 2 is 0.804 bits per heavy atom. The van der Waals surface area contributed by atoms with Crippen LogP contribution in [0, 0.1) is 11.8 Å². The van der Waals surface area contributed by atoms with Gasteiger partial charge < -0.3 is 0 Å². The molecule has 2 unspecified atom stereocenters. The molecule has 56 heavy (non-hydrogen) atoms. The van der Waals surface area contributed by atoms with E-state index in [-0.39, 0.29) is 74.8 Å². The van der Waals surface area contributed by atoms with Crippen molar-refractivity contribution in [2.45, 2.75) is 105 Å². The van der Waals surface area contributed by atoms with Crippen LogP contribution < -0.4 is 19.6 Å². The van der Waals surface area contributed by atoms with Gasteiger partial charge in [-0.2, -0.15) is 0 Å². The summed E-state index contributed by atoms with van der Waals surface area (Å²) in [6, 6.07) is 33.5. The van der Waals surface area contributed by atoms with Gasteiger partial charge in [0.05, 0.1) is 0 Å². The minimum atomic E-state index is -0.702. The summed E-state index contributed by atoms with van der Waals surface area (Å²) in [5, 5.41) is 6.24. The number of benzene rings is 4. The number of nitrogens with one attached hydrogen (secondary N) is 2. The molecular formula is C46H58N4O4Se2. The molecule has 0 saturated carbocycles. The van der Waals surface area contributed by atoms with Crippen LogP contribution in [-0.2, 0) is 22.7 Å². The van der Waals surface area contributed by atoms with E-state index >= 15 is 0 Å². The second kappa shape index (κ2) is 19.8. The number of nitrogens with zero attached hydrogens (tertiary/aromatic N) is 2. The predicted molar refractivity (Wildman–Crippen MR) is 229 cm³/mol. The molecule has 0 saturated heterocycles. The molecule has 4 rings (SSSR count). The van der Waals surface area contributed by atoms with E-state index in [0.717, 1.165) is 20.1 Å². The van der Waals surface area contributed by atoms with Crippen molar-refractivity contribution >= 4 is 58.8 Å². The van der Waals surface area contributed by atoms with Crippen LogP contribution in [0.3, 0.4) is 0 Å². The van der Waals surface area contributed by atoms with Crippen LogP contribution in [0.1, 0.15) is 101 Å². The number of carbonyl (C=O) groups is 4. The van der Waals surface area contributed by atoms with Gasteiger partial charge in [-0.05, 0) is 0 Å². The van der Waals surface area contributed by atoms with Gasteiger partial charge in [0.15, 0.2) is 0 Å². The van der Waals surface area contributed by atoms with E-state index in [1.807, 2.05) is 178 Å². The summed E-state index contributed by atoms with van der Waals surface area (Å²) < 4.78 is 1.82. The van der Waals surface area contributed by atoms with E-state index in [2.05, 4.69) is 10.6 Å². The first-order chi connectivity index (χ1) is 26.4. The Balaban J connectivity index is 1.71. The van der Waals surface area contributed by atoms with Crippen LogP contribution in [-0.4, -0.2) is 82.9 Å². The first-order valence-corrected chi connectivity index (χ1v) is 25.3. The first kappa shape index (κ1) is 44.5. The Labute approximate surface area is 345 Å². The summed E-state index contributed by atoms with van der Waals surface area (Å²) in [4.78, 5) is 60.8. The fraction of sp³-hybridized carbons (Fsp3) is 0.391. The summed E-state index contributed by atoms with van der Waals surface area (Å²) in [6.45, 7) is 20.1. The third kappa shape index (κ3) is 12.7. The van der Waals surface area contributed by atoms with Crippen molar-refractivity contribution in [1.29, 1.82) is 0 Å². The van der Waals surface area contributed by atoms with Gasteiger partial charge in [0, 0.05) is 0 Å². The fourth-order valence-electron chi connectivity index (χ4n) is 6.48. The maximum atomic E-state index is 14.8. The van der Waals surface area contributed by atoms with Gasteiger partial charge >= 0.3 is 347 Å². The Bertz CT molecular complexity index is 1800. The number of rotatable bonds is 15. The van der Waals surface area contributed by atoms with Crippen molar-refractivity contribution < 1.29 is 19.2 Å². The van der Waals surface area contributed by atoms with Crippen molar-refractivity contribution in [3.63, 3.8) is 0 Å². The average Bonchev–Trinajstić information content (AvgIpc) is 3.12. The van der Waals surface area contributed by atoms with Gasteiger partial charge in [0.25, 0.3) is 0 Å². The van der Waals surface area contributed by atoms with E-state index in [1.165, 1.54) is 0 Å². The molecule has 0 radical (unpaired) electrons. The monoisotopic (exact) mass is 890 g/mol. The summed E-state index contributed by atoms with van der Waals surface area (Å²) in [5.74, 6) is -1.08. The number of carbonyl (C=O) groups excluding carboxylic acids is 4. The predicted octanol–water partition coefficient (Wildman–Crippen LogP) is 6.12. The van der Waals surface area contributed by atoms with Crippen molar-refractivity contribution in [2.24, 2.45) is 11.8 Å². The summed E-state index contributed by atoms with van der Waals surface area (Å²) >= 11 is -0.416. The third-order valence-corrected chi connectivity index (χ3v) is 16.1. The van der Waals surface area contributed by atoms with E-state index in [1.54, 1.807) is 9.80 Å². The topological polar surface area (TPSA) is 98.8 Å². The van der Waals surface area contributed by atoms with Crippen LogP contribution in [0.5, 0.6) is 0 Å². The molecule has 0 heterocycles. The molecule has 298 valence electrons. The van der Waals surface area contributed by atoms with Gasteiger partial charge in [0.1, 0.15) is 0 Å². The molecule has 0 aromatic heterocycles. The fourth-order valence-corrected chi connectivity index (χ4v) is 13.6. The summed E-state index contributed by atoms with van der Waals surface area (Å²) in [7, 11) is 0. The zero-order valence-corrected chi connectivity index (χ0v) is 37.9. The van der Waals surface area contributed by atoms with Crippen LogP contribution in [0.2, 0.25) is 0 Å². The van der Waals surface area contributed by atoms with Crippen LogP contribution in [0.4, 0.5) is 0 Å². The van der Waals surface area contributed by atoms with Crippen LogP contribution in [0.25, 0.3) is 0 Å². The molecule has 0 bridgehead atoms. The van der Waals surface area contributed by atoms with E-state index < -0.39 is 23.2 Å². The number of hydrogen-bond donors (Lipinski definition) is 2. The molecule has 4 aromatic rings. The van der Waals surface area contributed by atoms with Crippen molar-refractivity contribution in [1.82, 2.24) is 20.4 Å². The summed E-state index contributed by atoms with van der Waals surface area (Å²) in [6.07, 6.45) is 0. The van der Waals surface area contributed by atoms with E-state index in [9.17, 15) is 19.2 Å². The molecular weight excluding hydrogens is 830 g/mol. The molecule has 10 heteroatoms. The van der Waals surface area contributed by atoms with Crippen LogP contribution in [0.15, 0.2) is 109 Å². The molecule has 0 spiro atoms.